The Morgan fingerprint density at radius 2 is 1.64 bits per heavy atom. The Morgan fingerprint density at radius 1 is 0.939 bits per heavy atom. The molecule has 0 N–H and O–H groups in total. The Labute approximate surface area is 190 Å². The van der Waals surface area contributed by atoms with Crippen LogP contribution in [0.15, 0.2) is 63.5 Å². The highest BCUT2D eigenvalue weighted by molar-refractivity contribution is 6.08. The number of piperazine rings is 1. The minimum atomic E-state index is -0.219. The SMILES string of the molecule is COc1ccc2c(-c3ccccc3)c(C(=O)N3CCN(C(=O)c4cc(C)no4)CC3)oc2c1. The molecule has 4 aromatic rings. The molecule has 168 valence electrons. The van der Waals surface area contributed by atoms with Crippen molar-refractivity contribution < 1.29 is 23.3 Å². The second-order valence-electron chi connectivity index (χ2n) is 7.95. The van der Waals surface area contributed by atoms with E-state index in [1.54, 1.807) is 36.0 Å². The number of carbonyl (C=O) groups excluding carboxylic acids is 2. The van der Waals surface area contributed by atoms with Crippen molar-refractivity contribution in [3.63, 3.8) is 0 Å². The molecule has 2 amide bonds. The number of fused-ring (bicyclic) bond motifs is 1. The standard InChI is InChI=1S/C25H23N3O5/c1-16-14-21(33-26-16)24(29)27-10-12-28(13-11-27)25(30)23-22(17-6-4-3-5-7-17)19-9-8-18(31-2)15-20(19)32-23/h3-9,14-15H,10-13H2,1-2H3. The Bertz CT molecular complexity index is 1320. The van der Waals surface area contributed by atoms with Crippen molar-refractivity contribution in [2.75, 3.05) is 33.3 Å². The summed E-state index contributed by atoms with van der Waals surface area (Å²) in [6.07, 6.45) is 0. The van der Waals surface area contributed by atoms with Gasteiger partial charge in [-0.2, -0.15) is 0 Å². The summed E-state index contributed by atoms with van der Waals surface area (Å²) in [5, 5.41) is 4.63. The third-order valence-corrected chi connectivity index (χ3v) is 5.85. The second-order valence-corrected chi connectivity index (χ2v) is 7.95. The van der Waals surface area contributed by atoms with Crippen molar-refractivity contribution in [3.8, 4) is 16.9 Å². The van der Waals surface area contributed by atoms with Gasteiger partial charge in [-0.1, -0.05) is 35.5 Å². The number of nitrogens with zero attached hydrogens (tertiary/aromatic N) is 3. The molecule has 1 aliphatic heterocycles. The summed E-state index contributed by atoms with van der Waals surface area (Å²) in [6, 6.07) is 16.9. The Hall–Kier alpha value is -4.07. The van der Waals surface area contributed by atoms with Crippen LogP contribution in [0.5, 0.6) is 5.75 Å². The lowest BCUT2D eigenvalue weighted by Crippen LogP contribution is -2.50. The van der Waals surface area contributed by atoms with E-state index in [0.717, 1.165) is 16.5 Å². The van der Waals surface area contributed by atoms with Gasteiger partial charge in [0, 0.05) is 49.3 Å². The fraction of sp³-hybridized carbons (Fsp3) is 0.240. The molecule has 5 rings (SSSR count). The summed E-state index contributed by atoms with van der Waals surface area (Å²) < 4.78 is 16.5. The predicted molar refractivity (Wildman–Crippen MR) is 121 cm³/mol. The van der Waals surface area contributed by atoms with Gasteiger partial charge in [0.25, 0.3) is 11.8 Å². The lowest BCUT2D eigenvalue weighted by molar-refractivity contribution is 0.0499. The Kier molecular flexibility index (Phi) is 5.34. The van der Waals surface area contributed by atoms with Crippen LogP contribution < -0.4 is 4.74 Å². The number of benzene rings is 2. The van der Waals surface area contributed by atoms with E-state index >= 15 is 0 Å². The molecule has 1 fully saturated rings. The average Bonchev–Trinajstić information content (AvgIpc) is 3.47. The maximum atomic E-state index is 13.5. The van der Waals surface area contributed by atoms with Crippen LogP contribution in [-0.4, -0.2) is 60.1 Å². The molecule has 8 heteroatoms. The number of amides is 2. The molecule has 0 spiro atoms. The van der Waals surface area contributed by atoms with Crippen molar-refractivity contribution in [3.05, 3.63) is 71.8 Å². The van der Waals surface area contributed by atoms with E-state index < -0.39 is 0 Å². The molecule has 0 bridgehead atoms. The smallest absolute Gasteiger partial charge is 0.292 e. The normalized spacial score (nSPS) is 14.0. The zero-order valence-electron chi connectivity index (χ0n) is 18.4. The summed E-state index contributed by atoms with van der Waals surface area (Å²) in [4.78, 5) is 29.6. The zero-order valence-corrected chi connectivity index (χ0v) is 18.4. The minimum Gasteiger partial charge on any atom is -0.497 e. The first-order valence-electron chi connectivity index (χ1n) is 10.7. The van der Waals surface area contributed by atoms with Gasteiger partial charge in [0.1, 0.15) is 11.3 Å². The number of aromatic nitrogens is 1. The van der Waals surface area contributed by atoms with Crippen molar-refractivity contribution in [1.29, 1.82) is 0 Å². The third-order valence-electron chi connectivity index (χ3n) is 5.85. The molecule has 2 aromatic heterocycles. The number of hydrogen-bond donors (Lipinski definition) is 0. The van der Waals surface area contributed by atoms with Crippen molar-refractivity contribution >= 4 is 22.8 Å². The predicted octanol–water partition coefficient (Wildman–Crippen LogP) is 4.00. The molecule has 0 atom stereocenters. The summed E-state index contributed by atoms with van der Waals surface area (Å²) in [7, 11) is 1.59. The summed E-state index contributed by atoms with van der Waals surface area (Å²) in [5.74, 6) is 0.736. The molecule has 0 saturated carbocycles. The van der Waals surface area contributed by atoms with Gasteiger partial charge in [-0.15, -0.1) is 0 Å². The van der Waals surface area contributed by atoms with Crippen molar-refractivity contribution in [1.82, 2.24) is 15.0 Å². The molecule has 8 nitrogen and oxygen atoms in total. The van der Waals surface area contributed by atoms with Crippen LogP contribution in [0, 0.1) is 6.92 Å². The van der Waals surface area contributed by atoms with Gasteiger partial charge >= 0.3 is 0 Å². The molecule has 3 heterocycles. The van der Waals surface area contributed by atoms with Gasteiger partial charge in [-0.3, -0.25) is 9.59 Å². The van der Waals surface area contributed by atoms with Crippen LogP contribution in [0.3, 0.4) is 0 Å². The van der Waals surface area contributed by atoms with E-state index in [0.29, 0.717) is 43.2 Å². The molecular weight excluding hydrogens is 422 g/mol. The molecule has 1 saturated heterocycles. The second kappa shape index (κ2) is 8.46. The minimum absolute atomic E-state index is 0.202. The van der Waals surface area contributed by atoms with Gasteiger partial charge < -0.3 is 23.5 Å². The fourth-order valence-corrected chi connectivity index (χ4v) is 4.12. The van der Waals surface area contributed by atoms with Gasteiger partial charge in [0.05, 0.1) is 12.8 Å². The molecule has 0 aliphatic carbocycles. The van der Waals surface area contributed by atoms with Gasteiger partial charge in [0.2, 0.25) is 11.5 Å². The molecule has 2 aromatic carbocycles. The monoisotopic (exact) mass is 445 g/mol. The zero-order chi connectivity index (χ0) is 22.9. The Morgan fingerprint density at radius 3 is 2.27 bits per heavy atom. The van der Waals surface area contributed by atoms with Crippen molar-refractivity contribution in [2.24, 2.45) is 0 Å². The van der Waals surface area contributed by atoms with Crippen LogP contribution in [-0.2, 0) is 0 Å². The van der Waals surface area contributed by atoms with Crippen LogP contribution in [0.2, 0.25) is 0 Å². The first-order valence-corrected chi connectivity index (χ1v) is 10.7. The number of furan rings is 1. The lowest BCUT2D eigenvalue weighted by Gasteiger charge is -2.33. The van der Waals surface area contributed by atoms with Gasteiger partial charge in [-0.25, -0.2) is 0 Å². The number of rotatable bonds is 4. The first kappa shape index (κ1) is 20.8. The van der Waals surface area contributed by atoms with Crippen molar-refractivity contribution in [2.45, 2.75) is 6.92 Å². The molecule has 0 radical (unpaired) electrons. The highest BCUT2D eigenvalue weighted by Gasteiger charge is 2.31. The molecule has 1 aliphatic rings. The molecule has 0 unspecified atom stereocenters. The average molecular weight is 445 g/mol. The highest BCUT2D eigenvalue weighted by Crippen LogP contribution is 2.37. The number of ether oxygens (including phenoxy) is 1. The van der Waals surface area contributed by atoms with E-state index in [1.807, 2.05) is 42.5 Å². The number of aryl methyl sites for hydroxylation is 1. The largest absolute Gasteiger partial charge is 0.497 e. The quantitative estimate of drug-likeness (QED) is 0.472. The fourth-order valence-electron chi connectivity index (χ4n) is 4.12. The van der Waals surface area contributed by atoms with E-state index in [-0.39, 0.29) is 23.3 Å². The van der Waals surface area contributed by atoms with Gasteiger partial charge in [-0.05, 0) is 24.6 Å². The third kappa shape index (κ3) is 3.84. The lowest BCUT2D eigenvalue weighted by atomic mass is 10.0. The van der Waals surface area contributed by atoms with Crippen LogP contribution in [0.25, 0.3) is 22.1 Å². The molecule has 33 heavy (non-hydrogen) atoms. The molecular formula is C25H23N3O5. The summed E-state index contributed by atoms with van der Waals surface area (Å²) in [6.45, 7) is 3.36. The highest BCUT2D eigenvalue weighted by atomic mass is 16.5. The maximum Gasteiger partial charge on any atom is 0.292 e. The summed E-state index contributed by atoms with van der Waals surface area (Å²) in [5.41, 5.74) is 2.90. The summed E-state index contributed by atoms with van der Waals surface area (Å²) >= 11 is 0. The maximum absolute atomic E-state index is 13.5. The van der Waals surface area contributed by atoms with E-state index in [2.05, 4.69) is 5.16 Å². The number of hydrogen-bond acceptors (Lipinski definition) is 6. The van der Waals surface area contributed by atoms with Crippen LogP contribution in [0.1, 0.15) is 26.8 Å². The Balaban J connectivity index is 1.42. The van der Waals surface area contributed by atoms with Crippen LogP contribution in [0.4, 0.5) is 0 Å². The van der Waals surface area contributed by atoms with Gasteiger partial charge in [0.15, 0.2) is 0 Å². The topological polar surface area (TPSA) is 89.0 Å². The van der Waals surface area contributed by atoms with E-state index in [1.165, 1.54) is 0 Å². The number of methoxy groups -OCH3 is 1. The van der Waals surface area contributed by atoms with E-state index in [4.69, 9.17) is 13.7 Å². The first-order chi connectivity index (χ1) is 16.0. The number of carbonyl (C=O) groups is 2. The van der Waals surface area contributed by atoms with Crippen LogP contribution >= 0.6 is 0 Å². The van der Waals surface area contributed by atoms with E-state index in [9.17, 15) is 9.59 Å².